The molecule has 2 nitrogen and oxygen atoms in total. The van der Waals surface area contributed by atoms with Crippen molar-refractivity contribution in [2.75, 3.05) is 26.7 Å². The van der Waals surface area contributed by atoms with Crippen LogP contribution in [0.15, 0.2) is 0 Å². The summed E-state index contributed by atoms with van der Waals surface area (Å²) in [5.41, 5.74) is 0.422. The zero-order chi connectivity index (χ0) is 15.0. The largest absolute Gasteiger partial charge is 0.316 e. The van der Waals surface area contributed by atoms with Crippen molar-refractivity contribution in [3.05, 3.63) is 0 Å². The predicted octanol–water partition coefficient (Wildman–Crippen LogP) is 4.30. The van der Waals surface area contributed by atoms with Crippen molar-refractivity contribution in [2.24, 2.45) is 11.3 Å². The van der Waals surface area contributed by atoms with Gasteiger partial charge in [0.1, 0.15) is 0 Å². The fourth-order valence-electron chi connectivity index (χ4n) is 3.58. The van der Waals surface area contributed by atoms with Gasteiger partial charge in [-0.3, -0.25) is 0 Å². The zero-order valence-corrected chi connectivity index (χ0v) is 14.7. The van der Waals surface area contributed by atoms with Gasteiger partial charge in [0.25, 0.3) is 0 Å². The molecule has 0 aromatic carbocycles. The molecule has 1 N–H and O–H groups in total. The van der Waals surface area contributed by atoms with Gasteiger partial charge in [-0.2, -0.15) is 0 Å². The van der Waals surface area contributed by atoms with Gasteiger partial charge in [-0.25, -0.2) is 0 Å². The maximum absolute atomic E-state index is 3.62. The summed E-state index contributed by atoms with van der Waals surface area (Å²) < 4.78 is 0. The van der Waals surface area contributed by atoms with Crippen LogP contribution in [0.3, 0.4) is 0 Å². The van der Waals surface area contributed by atoms with E-state index in [1.807, 2.05) is 0 Å². The molecular formula is C18H38N2. The number of nitrogens with one attached hydrogen (secondary N) is 1. The van der Waals surface area contributed by atoms with E-state index < -0.39 is 0 Å². The van der Waals surface area contributed by atoms with Gasteiger partial charge < -0.3 is 10.2 Å². The summed E-state index contributed by atoms with van der Waals surface area (Å²) in [5, 5.41) is 3.62. The Morgan fingerprint density at radius 2 is 1.75 bits per heavy atom. The molecule has 1 aliphatic carbocycles. The Balaban J connectivity index is 2.40. The summed E-state index contributed by atoms with van der Waals surface area (Å²) >= 11 is 0. The second-order valence-corrected chi connectivity index (χ2v) is 7.34. The average molecular weight is 283 g/mol. The smallest absolute Gasteiger partial charge is 0.00926 e. The molecule has 0 aliphatic heterocycles. The molecule has 0 amide bonds. The van der Waals surface area contributed by atoms with Crippen LogP contribution in [0.1, 0.15) is 72.6 Å². The van der Waals surface area contributed by atoms with Crippen molar-refractivity contribution in [3.63, 3.8) is 0 Å². The molecule has 1 atom stereocenters. The maximum Gasteiger partial charge on any atom is 0.00926 e. The van der Waals surface area contributed by atoms with Gasteiger partial charge >= 0.3 is 0 Å². The lowest BCUT2D eigenvalue weighted by atomic mass is 9.82. The lowest BCUT2D eigenvalue weighted by molar-refractivity contribution is 0.105. The molecule has 1 saturated carbocycles. The zero-order valence-electron chi connectivity index (χ0n) is 14.7. The van der Waals surface area contributed by atoms with E-state index in [1.165, 1.54) is 51.5 Å². The molecule has 120 valence electrons. The number of hydrogen-bond donors (Lipinski definition) is 1. The van der Waals surface area contributed by atoms with E-state index in [4.69, 9.17) is 0 Å². The maximum atomic E-state index is 3.62. The Kier molecular flexibility index (Phi) is 8.13. The van der Waals surface area contributed by atoms with E-state index in [2.05, 4.69) is 45.0 Å². The molecule has 1 unspecified atom stereocenters. The van der Waals surface area contributed by atoms with Crippen LogP contribution in [0.25, 0.3) is 0 Å². The fraction of sp³-hybridized carbons (Fsp3) is 1.00. The van der Waals surface area contributed by atoms with Crippen LogP contribution in [0.5, 0.6) is 0 Å². The fourth-order valence-corrected chi connectivity index (χ4v) is 3.58. The van der Waals surface area contributed by atoms with E-state index in [-0.39, 0.29) is 0 Å². The van der Waals surface area contributed by atoms with E-state index in [0.717, 1.165) is 25.0 Å². The van der Waals surface area contributed by atoms with Crippen molar-refractivity contribution < 1.29 is 0 Å². The third-order valence-corrected chi connectivity index (χ3v) is 5.48. The average Bonchev–Trinajstić information content (AvgIpc) is 2.47. The van der Waals surface area contributed by atoms with Gasteiger partial charge in [0.2, 0.25) is 0 Å². The number of rotatable bonds is 9. The van der Waals surface area contributed by atoms with Crippen LogP contribution in [0.2, 0.25) is 0 Å². The first kappa shape index (κ1) is 18.0. The second-order valence-electron chi connectivity index (χ2n) is 7.34. The molecule has 0 aromatic heterocycles. The van der Waals surface area contributed by atoms with Crippen LogP contribution in [0.4, 0.5) is 0 Å². The monoisotopic (exact) mass is 282 g/mol. The highest BCUT2D eigenvalue weighted by atomic mass is 15.1. The first-order valence-corrected chi connectivity index (χ1v) is 8.95. The SMILES string of the molecule is CCCNCC(C)(CC)CN(C)C1CCC(CC)CC1. The molecule has 1 aliphatic rings. The van der Waals surface area contributed by atoms with Crippen LogP contribution in [-0.2, 0) is 0 Å². The summed E-state index contributed by atoms with van der Waals surface area (Å²) in [6, 6.07) is 0.829. The summed E-state index contributed by atoms with van der Waals surface area (Å²) in [5.74, 6) is 1.00. The van der Waals surface area contributed by atoms with Gasteiger partial charge in [-0.15, -0.1) is 0 Å². The third-order valence-electron chi connectivity index (χ3n) is 5.48. The Morgan fingerprint density at radius 3 is 2.25 bits per heavy atom. The van der Waals surface area contributed by atoms with Gasteiger partial charge in [0.15, 0.2) is 0 Å². The molecule has 0 aromatic rings. The minimum absolute atomic E-state index is 0.422. The first-order valence-electron chi connectivity index (χ1n) is 8.95. The van der Waals surface area contributed by atoms with Gasteiger partial charge in [0.05, 0.1) is 0 Å². The molecule has 0 bridgehead atoms. The normalized spacial score (nSPS) is 26.7. The van der Waals surface area contributed by atoms with Crippen LogP contribution in [0, 0.1) is 11.3 Å². The minimum atomic E-state index is 0.422. The summed E-state index contributed by atoms with van der Waals surface area (Å²) in [6.07, 6.45) is 9.60. The Morgan fingerprint density at radius 1 is 1.10 bits per heavy atom. The summed E-state index contributed by atoms with van der Waals surface area (Å²) in [6.45, 7) is 12.9. The van der Waals surface area contributed by atoms with Crippen molar-refractivity contribution in [1.82, 2.24) is 10.2 Å². The van der Waals surface area contributed by atoms with Crippen molar-refractivity contribution in [3.8, 4) is 0 Å². The molecule has 20 heavy (non-hydrogen) atoms. The van der Waals surface area contributed by atoms with E-state index in [0.29, 0.717) is 5.41 Å². The number of nitrogens with zero attached hydrogens (tertiary/aromatic N) is 1. The number of hydrogen-bond acceptors (Lipinski definition) is 2. The molecule has 0 radical (unpaired) electrons. The van der Waals surface area contributed by atoms with E-state index in [9.17, 15) is 0 Å². The summed E-state index contributed by atoms with van der Waals surface area (Å²) in [4.78, 5) is 2.66. The van der Waals surface area contributed by atoms with Crippen LogP contribution >= 0.6 is 0 Å². The molecule has 0 saturated heterocycles. The van der Waals surface area contributed by atoms with Crippen molar-refractivity contribution >= 4 is 0 Å². The Hall–Kier alpha value is -0.0800. The van der Waals surface area contributed by atoms with Crippen molar-refractivity contribution in [2.45, 2.75) is 78.7 Å². The van der Waals surface area contributed by atoms with Crippen molar-refractivity contribution in [1.29, 1.82) is 0 Å². The lowest BCUT2D eigenvalue weighted by Gasteiger charge is -2.40. The first-order chi connectivity index (χ1) is 9.54. The molecule has 1 rings (SSSR count). The molecule has 1 fully saturated rings. The minimum Gasteiger partial charge on any atom is -0.316 e. The highest BCUT2D eigenvalue weighted by Gasteiger charge is 2.29. The predicted molar refractivity (Wildman–Crippen MR) is 90.2 cm³/mol. The highest BCUT2D eigenvalue weighted by molar-refractivity contribution is 4.84. The Labute approximate surface area is 127 Å². The molecule has 0 heterocycles. The molecular weight excluding hydrogens is 244 g/mol. The van der Waals surface area contributed by atoms with Crippen LogP contribution in [-0.4, -0.2) is 37.6 Å². The Bertz CT molecular complexity index is 246. The topological polar surface area (TPSA) is 15.3 Å². The molecule has 2 heteroatoms. The van der Waals surface area contributed by atoms with Gasteiger partial charge in [-0.05, 0) is 63.5 Å². The van der Waals surface area contributed by atoms with E-state index in [1.54, 1.807) is 0 Å². The standard InChI is InChI=1S/C18H38N2/c1-6-13-19-14-18(4,8-3)15-20(5)17-11-9-16(7-2)10-12-17/h16-17,19H,6-15H2,1-5H3. The lowest BCUT2D eigenvalue weighted by Crippen LogP contribution is -2.45. The molecule has 0 spiro atoms. The summed E-state index contributed by atoms with van der Waals surface area (Å²) in [7, 11) is 2.35. The van der Waals surface area contributed by atoms with E-state index >= 15 is 0 Å². The second kappa shape index (κ2) is 9.04. The highest BCUT2D eigenvalue weighted by Crippen LogP contribution is 2.31. The van der Waals surface area contributed by atoms with Crippen LogP contribution < -0.4 is 5.32 Å². The van der Waals surface area contributed by atoms with Gasteiger partial charge in [-0.1, -0.05) is 34.1 Å². The third kappa shape index (κ3) is 5.73. The quantitative estimate of drug-likeness (QED) is 0.634. The van der Waals surface area contributed by atoms with Gasteiger partial charge in [0, 0.05) is 19.1 Å².